The molecule has 0 aromatic heterocycles. The summed E-state index contributed by atoms with van der Waals surface area (Å²) in [5.41, 5.74) is 0. The van der Waals surface area contributed by atoms with E-state index in [0.717, 1.165) is 0 Å². The quantitative estimate of drug-likeness (QED) is 0.477. The average Bonchev–Trinajstić information content (AvgIpc) is 2.42. The third-order valence-corrected chi connectivity index (χ3v) is 4.55. The molecule has 0 bridgehead atoms. The highest BCUT2D eigenvalue weighted by atomic mass is 32.2. The van der Waals surface area contributed by atoms with Crippen LogP contribution in [0.5, 0.6) is 0 Å². The molecule has 1 amide bonds. The van der Waals surface area contributed by atoms with Crippen molar-refractivity contribution < 1.29 is 34.4 Å². The van der Waals surface area contributed by atoms with Gasteiger partial charge in [-0.05, 0) is 6.26 Å². The Labute approximate surface area is 138 Å². The number of aliphatic hydroxyl groups is 2. The highest BCUT2D eigenvalue weighted by Crippen LogP contribution is 2.30. The maximum atomic E-state index is 12.2. The van der Waals surface area contributed by atoms with E-state index in [4.69, 9.17) is 9.84 Å². The highest BCUT2D eigenvalue weighted by Gasteiger charge is 2.51. The van der Waals surface area contributed by atoms with Gasteiger partial charge in [-0.1, -0.05) is 6.92 Å². The Bertz CT molecular complexity index is 472. The number of carboxylic acids is 1. The van der Waals surface area contributed by atoms with Crippen LogP contribution in [0, 0.1) is 5.92 Å². The van der Waals surface area contributed by atoms with Crippen molar-refractivity contribution >= 4 is 29.4 Å². The van der Waals surface area contributed by atoms with E-state index >= 15 is 0 Å². The lowest BCUT2D eigenvalue weighted by Gasteiger charge is -2.42. The molecule has 0 aromatic rings. The van der Waals surface area contributed by atoms with Crippen LogP contribution < -0.4 is 5.32 Å². The fourth-order valence-corrected chi connectivity index (χ4v) is 3.19. The number of thioether (sulfide) groups is 1. The van der Waals surface area contributed by atoms with E-state index in [0.29, 0.717) is 5.75 Å². The first-order chi connectivity index (χ1) is 10.6. The number of rotatable bonds is 7. The minimum absolute atomic E-state index is 0.193. The number of aliphatic hydroxyl groups excluding tert-OH is 1. The van der Waals surface area contributed by atoms with Crippen molar-refractivity contribution in [1.82, 2.24) is 5.32 Å². The fourth-order valence-electron chi connectivity index (χ4n) is 2.50. The molecule has 23 heavy (non-hydrogen) atoms. The molecule has 1 saturated heterocycles. The summed E-state index contributed by atoms with van der Waals surface area (Å²) in [4.78, 5) is 34.6. The van der Waals surface area contributed by atoms with Crippen LogP contribution in [0.25, 0.3) is 0 Å². The zero-order valence-corrected chi connectivity index (χ0v) is 14.1. The number of hydrogen-bond donors (Lipinski definition) is 4. The van der Waals surface area contributed by atoms with Crippen LogP contribution in [-0.2, 0) is 19.1 Å². The molecular formula is C14H23NO7S. The van der Waals surface area contributed by atoms with Gasteiger partial charge in [-0.3, -0.25) is 9.59 Å². The van der Waals surface area contributed by atoms with Crippen LogP contribution in [0.3, 0.4) is 0 Å². The first-order valence-corrected chi connectivity index (χ1v) is 8.60. The summed E-state index contributed by atoms with van der Waals surface area (Å²) in [5.74, 6) is -4.57. The van der Waals surface area contributed by atoms with E-state index < -0.39 is 42.3 Å². The number of ketones is 1. The van der Waals surface area contributed by atoms with Crippen molar-refractivity contribution in [3.63, 3.8) is 0 Å². The normalized spacial score (nSPS) is 32.1. The van der Waals surface area contributed by atoms with Gasteiger partial charge in [0.2, 0.25) is 5.91 Å². The van der Waals surface area contributed by atoms with Crippen molar-refractivity contribution in [3.8, 4) is 0 Å². The van der Waals surface area contributed by atoms with Crippen molar-refractivity contribution in [2.75, 3.05) is 12.0 Å². The fraction of sp³-hybridized carbons (Fsp3) is 0.786. The number of carbonyl (C=O) groups excluding carboxylic acids is 2. The summed E-state index contributed by atoms with van der Waals surface area (Å²) in [6, 6.07) is -0.961. The van der Waals surface area contributed by atoms with Crippen molar-refractivity contribution in [3.05, 3.63) is 0 Å². The molecule has 1 aliphatic heterocycles. The zero-order chi connectivity index (χ0) is 17.8. The Morgan fingerprint density at radius 2 is 2.04 bits per heavy atom. The SMILES string of the molecule is CSCC(C)C(=O)CC1OC(O)(C(=O)O)CC(O)C1NC(C)=O. The van der Waals surface area contributed by atoms with E-state index in [9.17, 15) is 24.6 Å². The predicted molar refractivity (Wildman–Crippen MR) is 82.9 cm³/mol. The maximum absolute atomic E-state index is 12.2. The minimum Gasteiger partial charge on any atom is -0.477 e. The monoisotopic (exact) mass is 349 g/mol. The van der Waals surface area contributed by atoms with Gasteiger partial charge in [-0.15, -0.1) is 0 Å². The summed E-state index contributed by atoms with van der Waals surface area (Å²) < 4.78 is 5.17. The average molecular weight is 349 g/mol. The van der Waals surface area contributed by atoms with Crippen LogP contribution in [0.1, 0.15) is 26.7 Å². The molecule has 1 fully saturated rings. The molecule has 0 radical (unpaired) electrons. The molecule has 132 valence electrons. The van der Waals surface area contributed by atoms with Gasteiger partial charge in [-0.2, -0.15) is 11.8 Å². The van der Waals surface area contributed by atoms with Crippen molar-refractivity contribution in [2.45, 2.75) is 50.7 Å². The van der Waals surface area contributed by atoms with Crippen LogP contribution in [0.2, 0.25) is 0 Å². The van der Waals surface area contributed by atoms with Crippen molar-refractivity contribution in [2.24, 2.45) is 5.92 Å². The molecule has 1 rings (SSSR count). The van der Waals surface area contributed by atoms with Crippen LogP contribution in [-0.4, -0.2) is 69.0 Å². The third kappa shape index (κ3) is 5.17. The molecule has 0 saturated carbocycles. The topological polar surface area (TPSA) is 133 Å². The zero-order valence-electron chi connectivity index (χ0n) is 13.3. The lowest BCUT2D eigenvalue weighted by atomic mass is 9.89. The van der Waals surface area contributed by atoms with E-state index in [1.165, 1.54) is 18.7 Å². The van der Waals surface area contributed by atoms with Gasteiger partial charge >= 0.3 is 5.97 Å². The van der Waals surface area contributed by atoms with Gasteiger partial charge < -0.3 is 25.4 Å². The van der Waals surface area contributed by atoms with Crippen molar-refractivity contribution in [1.29, 1.82) is 0 Å². The summed E-state index contributed by atoms with van der Waals surface area (Å²) in [7, 11) is 0. The highest BCUT2D eigenvalue weighted by molar-refractivity contribution is 7.98. The van der Waals surface area contributed by atoms with Gasteiger partial charge in [-0.25, -0.2) is 4.79 Å². The second-order valence-corrected chi connectivity index (χ2v) is 6.68. The summed E-state index contributed by atoms with van der Waals surface area (Å²) >= 11 is 1.49. The van der Waals surface area contributed by atoms with Gasteiger partial charge in [0, 0.05) is 31.4 Å². The van der Waals surface area contributed by atoms with Crippen LogP contribution >= 0.6 is 11.8 Å². The van der Waals surface area contributed by atoms with Crippen LogP contribution in [0.4, 0.5) is 0 Å². The Hall–Kier alpha value is -1.16. The summed E-state index contributed by atoms with van der Waals surface area (Å²) in [5, 5.41) is 31.6. The molecule has 1 aliphatic rings. The number of nitrogens with one attached hydrogen (secondary N) is 1. The number of ether oxygens (including phenoxy) is 1. The molecule has 5 atom stereocenters. The second kappa shape index (κ2) is 8.09. The Morgan fingerprint density at radius 3 is 2.52 bits per heavy atom. The van der Waals surface area contributed by atoms with E-state index in [1.807, 2.05) is 6.26 Å². The number of carboxylic acid groups (broad SMARTS) is 1. The molecule has 4 N–H and O–H groups in total. The number of carbonyl (C=O) groups is 3. The summed E-state index contributed by atoms with van der Waals surface area (Å²) in [6.45, 7) is 2.97. The van der Waals surface area contributed by atoms with Gasteiger partial charge in [0.1, 0.15) is 5.78 Å². The smallest absolute Gasteiger partial charge is 0.364 e. The molecule has 1 heterocycles. The lowest BCUT2D eigenvalue weighted by molar-refractivity contribution is -0.276. The molecule has 0 aromatic carbocycles. The summed E-state index contributed by atoms with van der Waals surface area (Å²) in [6.07, 6.45) is -1.42. The molecule has 5 unspecified atom stereocenters. The molecular weight excluding hydrogens is 326 g/mol. The predicted octanol–water partition coefficient (Wildman–Crippen LogP) is -0.628. The molecule has 0 spiro atoms. The standard InChI is InChI=1S/C14H23NO7S/c1-7(6-23-3)9(17)4-11-12(15-8(2)16)10(18)5-14(21,22-11)13(19)20/h7,10-12,18,21H,4-6H2,1-3H3,(H,15,16)(H,19,20). The molecule has 9 heteroatoms. The Kier molecular flexibility index (Phi) is 7.00. The maximum Gasteiger partial charge on any atom is 0.364 e. The second-order valence-electron chi connectivity index (χ2n) is 5.77. The Morgan fingerprint density at radius 1 is 1.43 bits per heavy atom. The third-order valence-electron chi connectivity index (χ3n) is 3.72. The van der Waals surface area contributed by atoms with Crippen LogP contribution in [0.15, 0.2) is 0 Å². The number of Topliss-reactive ketones (excluding diaryl/α,β-unsaturated/α-hetero) is 1. The Balaban J connectivity index is 2.95. The first kappa shape index (κ1) is 19.9. The minimum atomic E-state index is -2.58. The number of aliphatic carboxylic acids is 1. The van der Waals surface area contributed by atoms with E-state index in [1.54, 1.807) is 6.92 Å². The van der Waals surface area contributed by atoms with E-state index in [-0.39, 0.29) is 18.1 Å². The van der Waals surface area contributed by atoms with Gasteiger partial charge in [0.15, 0.2) is 0 Å². The molecule has 8 nitrogen and oxygen atoms in total. The first-order valence-electron chi connectivity index (χ1n) is 7.21. The van der Waals surface area contributed by atoms with Gasteiger partial charge in [0.05, 0.1) is 18.2 Å². The number of hydrogen-bond acceptors (Lipinski definition) is 7. The lowest BCUT2D eigenvalue weighted by Crippen LogP contribution is -2.63. The molecule has 0 aliphatic carbocycles. The number of amides is 1. The largest absolute Gasteiger partial charge is 0.477 e. The van der Waals surface area contributed by atoms with E-state index in [2.05, 4.69) is 5.32 Å². The van der Waals surface area contributed by atoms with Gasteiger partial charge in [0.25, 0.3) is 5.79 Å².